The van der Waals surface area contributed by atoms with Gasteiger partial charge in [0.25, 0.3) is 5.78 Å². The number of ketones is 1. The molecule has 1 aromatic rings. The molecule has 0 heterocycles. The molecule has 0 unspecified atom stereocenters. The van der Waals surface area contributed by atoms with Gasteiger partial charge in [0, 0.05) is 0 Å². The van der Waals surface area contributed by atoms with Crippen molar-refractivity contribution in [2.45, 2.75) is 6.92 Å². The second-order valence-corrected chi connectivity index (χ2v) is 3.07. The van der Waals surface area contributed by atoms with E-state index in [2.05, 4.69) is 4.74 Å². The second kappa shape index (κ2) is 4.18. The summed E-state index contributed by atoms with van der Waals surface area (Å²) in [6.45, 7) is 1.40. The van der Waals surface area contributed by atoms with E-state index in [4.69, 9.17) is 5.11 Å². The minimum absolute atomic E-state index is 0.155. The van der Waals surface area contributed by atoms with Crippen molar-refractivity contribution in [3.8, 4) is 11.5 Å². The molecule has 0 saturated heterocycles. The van der Waals surface area contributed by atoms with E-state index >= 15 is 0 Å². The molecule has 0 fully saturated rings. The number of ether oxygens (including phenoxy) is 1. The first kappa shape index (κ1) is 12.0. The molecule has 0 aliphatic heterocycles. The fourth-order valence-electron chi connectivity index (χ4n) is 1.22. The van der Waals surface area contributed by atoms with Crippen LogP contribution in [0.4, 0.5) is 4.39 Å². The predicted molar refractivity (Wildman–Crippen MR) is 51.3 cm³/mol. The number of benzene rings is 1. The van der Waals surface area contributed by atoms with Crippen molar-refractivity contribution < 1.29 is 28.9 Å². The Morgan fingerprint density at radius 1 is 1.44 bits per heavy atom. The highest BCUT2D eigenvalue weighted by atomic mass is 19.1. The van der Waals surface area contributed by atoms with E-state index in [1.54, 1.807) is 0 Å². The number of carbonyl (C=O) groups excluding carboxylic acids is 1. The zero-order valence-electron chi connectivity index (χ0n) is 8.57. The maximum atomic E-state index is 13.6. The number of halogens is 1. The second-order valence-electron chi connectivity index (χ2n) is 3.07. The SMILES string of the molecule is COc1c(O)c(C)cc(C(=O)C(=O)O)c1F. The lowest BCUT2D eigenvalue weighted by Crippen LogP contribution is -2.15. The quantitative estimate of drug-likeness (QED) is 0.598. The Morgan fingerprint density at radius 3 is 2.44 bits per heavy atom. The van der Waals surface area contributed by atoms with E-state index < -0.39 is 34.6 Å². The van der Waals surface area contributed by atoms with Crippen LogP contribution in [-0.2, 0) is 4.79 Å². The van der Waals surface area contributed by atoms with Crippen molar-refractivity contribution in [1.82, 2.24) is 0 Å². The van der Waals surface area contributed by atoms with Crippen LogP contribution in [0.3, 0.4) is 0 Å². The van der Waals surface area contributed by atoms with Gasteiger partial charge in [-0.05, 0) is 18.6 Å². The topological polar surface area (TPSA) is 83.8 Å². The lowest BCUT2D eigenvalue weighted by atomic mass is 10.1. The number of carboxylic acid groups (broad SMARTS) is 1. The Kier molecular flexibility index (Phi) is 3.12. The van der Waals surface area contributed by atoms with Crippen molar-refractivity contribution >= 4 is 11.8 Å². The van der Waals surface area contributed by atoms with E-state index in [0.717, 1.165) is 13.2 Å². The smallest absolute Gasteiger partial charge is 0.377 e. The van der Waals surface area contributed by atoms with E-state index in [1.165, 1.54) is 6.92 Å². The van der Waals surface area contributed by atoms with Crippen LogP contribution in [0, 0.1) is 12.7 Å². The Hall–Kier alpha value is -2.11. The van der Waals surface area contributed by atoms with Crippen LogP contribution >= 0.6 is 0 Å². The standard InChI is InChI=1S/C10H9FO5/c1-4-3-5(8(13)10(14)15)6(11)9(16-2)7(4)12/h3,12H,1-2H3,(H,14,15). The van der Waals surface area contributed by atoms with E-state index in [1.807, 2.05) is 0 Å². The molecule has 5 nitrogen and oxygen atoms in total. The molecule has 6 heteroatoms. The van der Waals surface area contributed by atoms with Crippen LogP contribution in [0.2, 0.25) is 0 Å². The number of carbonyl (C=O) groups is 2. The maximum absolute atomic E-state index is 13.6. The summed E-state index contributed by atoms with van der Waals surface area (Å²) in [5.74, 6) is -5.34. The van der Waals surface area contributed by atoms with Gasteiger partial charge < -0.3 is 14.9 Å². The molecule has 16 heavy (non-hydrogen) atoms. The molecule has 0 aliphatic carbocycles. The summed E-state index contributed by atoms with van der Waals surface area (Å²) in [5.41, 5.74) is -0.484. The van der Waals surface area contributed by atoms with Gasteiger partial charge in [-0.3, -0.25) is 4.79 Å². The molecule has 0 amide bonds. The molecule has 0 aromatic heterocycles. The molecule has 86 valence electrons. The van der Waals surface area contributed by atoms with Crippen molar-refractivity contribution in [3.63, 3.8) is 0 Å². The minimum atomic E-state index is -1.77. The first-order valence-electron chi connectivity index (χ1n) is 4.23. The van der Waals surface area contributed by atoms with Crippen LogP contribution in [0.25, 0.3) is 0 Å². The number of aliphatic carboxylic acids is 1. The zero-order chi connectivity index (χ0) is 12.5. The molecule has 2 N–H and O–H groups in total. The number of phenolic OH excluding ortho intramolecular Hbond substituents is 1. The fourth-order valence-corrected chi connectivity index (χ4v) is 1.22. The average molecular weight is 228 g/mol. The number of methoxy groups -OCH3 is 1. The summed E-state index contributed by atoms with van der Waals surface area (Å²) in [4.78, 5) is 21.5. The molecule has 1 rings (SSSR count). The molecule has 1 aromatic carbocycles. The third-order valence-corrected chi connectivity index (χ3v) is 2.03. The highest BCUT2D eigenvalue weighted by molar-refractivity contribution is 6.40. The number of hydrogen-bond donors (Lipinski definition) is 2. The third kappa shape index (κ3) is 1.81. The maximum Gasteiger partial charge on any atom is 0.377 e. The predicted octanol–water partition coefficient (Wildman–Crippen LogP) is 1.12. The number of phenols is 1. The summed E-state index contributed by atoms with van der Waals surface area (Å²) in [7, 11) is 1.10. The molecular weight excluding hydrogens is 219 g/mol. The normalized spacial score (nSPS) is 9.94. The van der Waals surface area contributed by atoms with Gasteiger partial charge in [0.2, 0.25) is 0 Å². The van der Waals surface area contributed by atoms with Gasteiger partial charge in [0.1, 0.15) is 0 Å². The molecule has 0 spiro atoms. The van der Waals surface area contributed by atoms with Crippen LogP contribution in [0.5, 0.6) is 11.5 Å². The van der Waals surface area contributed by atoms with E-state index in [9.17, 15) is 19.1 Å². The molecular formula is C10H9FO5. The minimum Gasteiger partial charge on any atom is -0.504 e. The Bertz CT molecular complexity index is 467. The van der Waals surface area contributed by atoms with Crippen molar-refractivity contribution in [2.75, 3.05) is 7.11 Å². The number of Topliss-reactive ketones (excluding diaryl/α,β-unsaturated/α-hetero) is 1. The van der Waals surface area contributed by atoms with Gasteiger partial charge >= 0.3 is 5.97 Å². The first-order chi connectivity index (χ1) is 7.40. The largest absolute Gasteiger partial charge is 0.504 e. The van der Waals surface area contributed by atoms with Gasteiger partial charge in [-0.25, -0.2) is 9.18 Å². The van der Waals surface area contributed by atoms with Gasteiger partial charge in [0.05, 0.1) is 12.7 Å². The summed E-state index contributed by atoms with van der Waals surface area (Å²) < 4.78 is 18.1. The summed E-state index contributed by atoms with van der Waals surface area (Å²) in [6, 6.07) is 0.962. The summed E-state index contributed by atoms with van der Waals surface area (Å²) in [5, 5.41) is 17.9. The van der Waals surface area contributed by atoms with E-state index in [-0.39, 0.29) is 5.56 Å². The third-order valence-electron chi connectivity index (χ3n) is 2.03. The monoisotopic (exact) mass is 228 g/mol. The molecule has 0 saturated carbocycles. The van der Waals surface area contributed by atoms with Crippen molar-refractivity contribution in [2.24, 2.45) is 0 Å². The number of aromatic hydroxyl groups is 1. The highest BCUT2D eigenvalue weighted by Crippen LogP contribution is 2.34. The lowest BCUT2D eigenvalue weighted by Gasteiger charge is -2.09. The summed E-state index contributed by atoms with van der Waals surface area (Å²) >= 11 is 0. The molecule has 0 bridgehead atoms. The Morgan fingerprint density at radius 2 is 2.00 bits per heavy atom. The molecule has 0 radical (unpaired) electrons. The van der Waals surface area contributed by atoms with Crippen LogP contribution < -0.4 is 4.74 Å². The average Bonchev–Trinajstić information content (AvgIpc) is 2.23. The Labute approximate surface area is 90.1 Å². The van der Waals surface area contributed by atoms with E-state index in [0.29, 0.717) is 0 Å². The van der Waals surface area contributed by atoms with Gasteiger partial charge in [-0.2, -0.15) is 0 Å². The number of rotatable bonds is 3. The Balaban J connectivity index is 3.48. The lowest BCUT2D eigenvalue weighted by molar-refractivity contribution is -0.131. The van der Waals surface area contributed by atoms with Crippen LogP contribution in [0.15, 0.2) is 6.07 Å². The number of hydrogen-bond acceptors (Lipinski definition) is 4. The van der Waals surface area contributed by atoms with Crippen molar-refractivity contribution in [1.29, 1.82) is 0 Å². The van der Waals surface area contributed by atoms with Crippen LogP contribution in [0.1, 0.15) is 15.9 Å². The molecule has 0 atom stereocenters. The highest BCUT2D eigenvalue weighted by Gasteiger charge is 2.25. The van der Waals surface area contributed by atoms with Gasteiger partial charge in [0.15, 0.2) is 17.3 Å². The first-order valence-corrected chi connectivity index (χ1v) is 4.23. The van der Waals surface area contributed by atoms with Crippen molar-refractivity contribution in [3.05, 3.63) is 23.0 Å². The molecule has 0 aliphatic rings. The summed E-state index contributed by atoms with van der Waals surface area (Å²) in [6.07, 6.45) is 0. The van der Waals surface area contributed by atoms with Crippen LogP contribution in [-0.4, -0.2) is 29.1 Å². The zero-order valence-corrected chi connectivity index (χ0v) is 8.57. The number of aryl methyl sites for hydroxylation is 1. The fraction of sp³-hybridized carbons (Fsp3) is 0.200. The van der Waals surface area contributed by atoms with Gasteiger partial charge in [-0.15, -0.1) is 0 Å². The van der Waals surface area contributed by atoms with Gasteiger partial charge in [-0.1, -0.05) is 0 Å². The number of carboxylic acids is 1.